The number of carbonyl (C=O) groups excluding carboxylic acids is 2. The number of alkyl halides is 3. The summed E-state index contributed by atoms with van der Waals surface area (Å²) >= 11 is 0. The topological polar surface area (TPSA) is 52.7 Å². The van der Waals surface area contributed by atoms with E-state index in [4.69, 9.17) is 0 Å². The normalized spacial score (nSPS) is 14.4. The lowest BCUT2D eigenvalue weighted by Crippen LogP contribution is -2.47. The average Bonchev–Trinajstić information content (AvgIpc) is 3.05. The average molecular weight is 636 g/mol. The van der Waals surface area contributed by atoms with Crippen LogP contribution in [0.15, 0.2) is 72.8 Å². The number of amides is 2. The number of halogens is 3. The molecule has 0 spiro atoms. The van der Waals surface area contributed by atoms with Gasteiger partial charge in [0.15, 0.2) is 0 Å². The Morgan fingerprint density at radius 1 is 0.891 bits per heavy atom. The highest BCUT2D eigenvalue weighted by Gasteiger charge is 2.31. The van der Waals surface area contributed by atoms with Gasteiger partial charge in [0, 0.05) is 43.3 Å². The molecule has 1 heterocycles. The summed E-state index contributed by atoms with van der Waals surface area (Å²) in [7, 11) is 0. The number of piperidine rings is 1. The Labute approximate surface area is 272 Å². The molecule has 1 aliphatic rings. The lowest BCUT2D eigenvalue weighted by molar-refractivity contribution is -0.137. The van der Waals surface area contributed by atoms with Gasteiger partial charge in [0.25, 0.3) is 11.8 Å². The number of unbranched alkanes of at least 4 members (excludes halogenated alkanes) is 2. The summed E-state index contributed by atoms with van der Waals surface area (Å²) in [5, 5.41) is 2.71. The first kappa shape index (κ1) is 35.2. The van der Waals surface area contributed by atoms with E-state index in [1.165, 1.54) is 24.5 Å². The van der Waals surface area contributed by atoms with Crippen LogP contribution < -0.4 is 5.32 Å². The lowest BCUT2D eigenvalue weighted by Gasteiger charge is -2.39. The maximum Gasteiger partial charge on any atom is 0.416 e. The highest BCUT2D eigenvalue weighted by atomic mass is 19.4. The van der Waals surface area contributed by atoms with Gasteiger partial charge in [-0.05, 0) is 97.7 Å². The van der Waals surface area contributed by atoms with Crippen LogP contribution in [-0.2, 0) is 25.7 Å². The molecule has 0 atom stereocenters. The lowest BCUT2D eigenvalue weighted by atomic mass is 9.99. The van der Waals surface area contributed by atoms with Gasteiger partial charge in [-0.3, -0.25) is 9.59 Å². The molecule has 0 radical (unpaired) electrons. The van der Waals surface area contributed by atoms with Gasteiger partial charge in [-0.25, -0.2) is 0 Å². The number of benzene rings is 3. The number of hydrogen-bond donors (Lipinski definition) is 1. The van der Waals surface area contributed by atoms with E-state index in [2.05, 4.69) is 43.1 Å². The molecule has 1 saturated heterocycles. The molecule has 3 aromatic rings. The van der Waals surface area contributed by atoms with Gasteiger partial charge in [-0.15, -0.1) is 0 Å². The smallest absolute Gasteiger partial charge is 0.348 e. The van der Waals surface area contributed by atoms with Gasteiger partial charge in [-0.1, -0.05) is 70.0 Å². The first-order chi connectivity index (χ1) is 22.0. The van der Waals surface area contributed by atoms with Crippen LogP contribution in [0.1, 0.15) is 102 Å². The predicted octanol–water partition coefficient (Wildman–Crippen LogP) is 8.52. The van der Waals surface area contributed by atoms with Crippen LogP contribution >= 0.6 is 0 Å². The summed E-state index contributed by atoms with van der Waals surface area (Å²) in [5.74, 6) is 0.305. The number of hydrogen-bond acceptors (Lipinski definition) is 3. The largest absolute Gasteiger partial charge is 0.416 e. The van der Waals surface area contributed by atoms with Crippen molar-refractivity contribution in [3.63, 3.8) is 0 Å². The standard InChI is InChI=1S/C38H48F3N3O2/c1-4-5-6-8-29-11-17-33(18-12-29)37(46)44(35-20-23-43(24-21-35)22-19-28(2)3)27-30-13-15-32(16-14-30)36(45)42-26-31-9-7-10-34(25-31)38(39,40)41/h7,9-18,25,28,35H,4-6,8,19-24,26-27H2,1-3H3,(H,42,45). The fourth-order valence-corrected chi connectivity index (χ4v) is 5.92. The zero-order valence-corrected chi connectivity index (χ0v) is 27.4. The Kier molecular flexibility index (Phi) is 12.8. The van der Waals surface area contributed by atoms with Crippen molar-refractivity contribution < 1.29 is 22.8 Å². The van der Waals surface area contributed by atoms with E-state index >= 15 is 0 Å². The quantitative estimate of drug-likeness (QED) is 0.181. The molecule has 8 heteroatoms. The van der Waals surface area contributed by atoms with Crippen molar-refractivity contribution in [1.29, 1.82) is 0 Å². The van der Waals surface area contributed by atoms with Crippen LogP contribution in [0.25, 0.3) is 0 Å². The van der Waals surface area contributed by atoms with Crippen molar-refractivity contribution in [3.8, 4) is 0 Å². The van der Waals surface area contributed by atoms with Crippen LogP contribution in [0, 0.1) is 5.92 Å². The molecule has 5 nitrogen and oxygen atoms in total. The van der Waals surface area contributed by atoms with E-state index in [1.807, 2.05) is 29.2 Å². The van der Waals surface area contributed by atoms with Crippen LogP contribution in [0.3, 0.4) is 0 Å². The minimum atomic E-state index is -4.44. The third-order valence-electron chi connectivity index (χ3n) is 8.83. The molecule has 0 aliphatic carbocycles. The molecular formula is C38H48F3N3O2. The van der Waals surface area contributed by atoms with Crippen molar-refractivity contribution in [2.45, 2.75) is 91.0 Å². The van der Waals surface area contributed by atoms with E-state index in [0.717, 1.165) is 69.4 Å². The molecule has 0 saturated carbocycles. The van der Waals surface area contributed by atoms with Crippen LogP contribution in [0.5, 0.6) is 0 Å². The summed E-state index contributed by atoms with van der Waals surface area (Å²) in [6, 6.07) is 20.2. The predicted molar refractivity (Wildman–Crippen MR) is 178 cm³/mol. The fraction of sp³-hybridized carbons (Fsp3) is 0.474. The Morgan fingerprint density at radius 3 is 2.17 bits per heavy atom. The van der Waals surface area contributed by atoms with Crippen molar-refractivity contribution in [3.05, 3.63) is 106 Å². The molecule has 248 valence electrons. The van der Waals surface area contributed by atoms with Crippen LogP contribution in [0.4, 0.5) is 13.2 Å². The molecule has 0 aromatic heterocycles. The maximum atomic E-state index is 14.0. The Bertz CT molecular complexity index is 1400. The molecule has 1 N–H and O–H groups in total. The Hall–Kier alpha value is -3.65. The van der Waals surface area contributed by atoms with Crippen molar-refractivity contribution in [1.82, 2.24) is 15.1 Å². The number of likely N-dealkylation sites (tertiary alicyclic amines) is 1. The summed E-state index contributed by atoms with van der Waals surface area (Å²) in [6.07, 6.45) is 3.08. The molecule has 46 heavy (non-hydrogen) atoms. The van der Waals surface area contributed by atoms with Gasteiger partial charge in [0.2, 0.25) is 0 Å². The van der Waals surface area contributed by atoms with Gasteiger partial charge in [-0.2, -0.15) is 13.2 Å². The minimum absolute atomic E-state index is 0.0138. The van der Waals surface area contributed by atoms with Gasteiger partial charge in [0.1, 0.15) is 0 Å². The highest BCUT2D eigenvalue weighted by molar-refractivity contribution is 5.95. The molecule has 4 rings (SSSR count). The summed E-state index contributed by atoms with van der Waals surface area (Å²) < 4.78 is 39.2. The van der Waals surface area contributed by atoms with Crippen molar-refractivity contribution in [2.75, 3.05) is 19.6 Å². The number of carbonyl (C=O) groups is 2. The fourth-order valence-electron chi connectivity index (χ4n) is 5.92. The van der Waals surface area contributed by atoms with Gasteiger partial charge in [0.05, 0.1) is 5.56 Å². The molecule has 1 fully saturated rings. The van der Waals surface area contributed by atoms with E-state index in [1.54, 1.807) is 18.2 Å². The molecule has 2 amide bonds. The second-order valence-corrected chi connectivity index (χ2v) is 12.9. The summed E-state index contributed by atoms with van der Waals surface area (Å²) in [6.45, 7) is 10.1. The zero-order chi connectivity index (χ0) is 33.1. The van der Waals surface area contributed by atoms with Crippen LogP contribution in [0.2, 0.25) is 0 Å². The Balaban J connectivity index is 1.43. The SMILES string of the molecule is CCCCCc1ccc(C(=O)N(Cc2ccc(C(=O)NCc3cccc(C(F)(F)F)c3)cc2)C2CCN(CCC(C)C)CC2)cc1. The van der Waals surface area contributed by atoms with Gasteiger partial charge < -0.3 is 15.1 Å². The van der Waals surface area contributed by atoms with Crippen LogP contribution in [-0.4, -0.2) is 47.3 Å². The number of nitrogens with one attached hydrogen (secondary N) is 1. The Morgan fingerprint density at radius 2 is 1.54 bits per heavy atom. The first-order valence-electron chi connectivity index (χ1n) is 16.7. The zero-order valence-electron chi connectivity index (χ0n) is 27.4. The van der Waals surface area contributed by atoms with Crippen molar-refractivity contribution in [2.24, 2.45) is 5.92 Å². The minimum Gasteiger partial charge on any atom is -0.348 e. The molecular weight excluding hydrogens is 587 g/mol. The monoisotopic (exact) mass is 635 g/mol. The number of aryl methyl sites for hydroxylation is 1. The first-order valence-corrected chi connectivity index (χ1v) is 16.7. The van der Waals surface area contributed by atoms with Crippen molar-refractivity contribution >= 4 is 11.8 Å². The number of nitrogens with zero attached hydrogens (tertiary/aromatic N) is 2. The van der Waals surface area contributed by atoms with E-state index < -0.39 is 11.7 Å². The highest BCUT2D eigenvalue weighted by Crippen LogP contribution is 2.29. The second kappa shape index (κ2) is 16.8. The molecule has 0 unspecified atom stereocenters. The molecule has 3 aromatic carbocycles. The van der Waals surface area contributed by atoms with E-state index in [9.17, 15) is 22.8 Å². The number of rotatable bonds is 14. The van der Waals surface area contributed by atoms with E-state index in [0.29, 0.717) is 29.2 Å². The maximum absolute atomic E-state index is 14.0. The van der Waals surface area contributed by atoms with E-state index in [-0.39, 0.29) is 24.4 Å². The second-order valence-electron chi connectivity index (χ2n) is 12.9. The molecule has 0 bridgehead atoms. The van der Waals surface area contributed by atoms with Gasteiger partial charge >= 0.3 is 6.18 Å². The summed E-state index contributed by atoms with van der Waals surface area (Å²) in [5.41, 5.74) is 2.89. The summed E-state index contributed by atoms with van der Waals surface area (Å²) in [4.78, 5) is 31.3. The molecule has 1 aliphatic heterocycles. The third-order valence-corrected chi connectivity index (χ3v) is 8.83. The third kappa shape index (κ3) is 10.4.